The highest BCUT2D eigenvalue weighted by atomic mass is 79.9. The molecule has 0 spiro atoms. The van der Waals surface area contributed by atoms with Crippen molar-refractivity contribution in [3.05, 3.63) is 33.8 Å². The number of hydrogen-bond acceptors (Lipinski definition) is 3. The van der Waals surface area contributed by atoms with Crippen molar-refractivity contribution < 1.29 is 13.7 Å². The Labute approximate surface area is 175 Å². The fraction of sp³-hybridized carbons (Fsp3) is 0.667. The fourth-order valence-electron chi connectivity index (χ4n) is 3.10. The summed E-state index contributed by atoms with van der Waals surface area (Å²) in [6.45, 7) is 14.8. The lowest BCUT2D eigenvalue weighted by Crippen LogP contribution is -2.51. The highest BCUT2D eigenvalue weighted by Crippen LogP contribution is 2.38. The number of hydrogen-bond donors (Lipinski definition) is 0. The highest BCUT2D eigenvalue weighted by molar-refractivity contribution is 9.10. The van der Waals surface area contributed by atoms with Crippen LogP contribution in [0, 0.1) is 0 Å². The first-order chi connectivity index (χ1) is 12.3. The molecule has 1 aromatic rings. The second-order valence-electron chi connectivity index (χ2n) is 9.08. The highest BCUT2D eigenvalue weighted by Gasteiger charge is 2.41. The quantitative estimate of drug-likeness (QED) is 0.549. The zero-order chi connectivity index (χ0) is 20.6. The number of halogens is 1. The second kappa shape index (κ2) is 8.34. The van der Waals surface area contributed by atoms with Gasteiger partial charge in [0.2, 0.25) is 0 Å². The van der Waals surface area contributed by atoms with Crippen molar-refractivity contribution in [1.82, 2.24) is 4.90 Å². The Kier molecular flexibility index (Phi) is 6.97. The predicted molar refractivity (Wildman–Crippen MR) is 117 cm³/mol. The third-order valence-corrected chi connectivity index (χ3v) is 7.72. The van der Waals surface area contributed by atoms with Gasteiger partial charge < -0.3 is 4.74 Å². The van der Waals surface area contributed by atoms with Crippen molar-refractivity contribution in [1.29, 1.82) is 0 Å². The lowest BCUT2D eigenvalue weighted by atomic mass is 9.89. The van der Waals surface area contributed by atoms with E-state index >= 15 is 0 Å². The average Bonchev–Trinajstić information content (AvgIpc) is 2.50. The molecule has 152 valence electrons. The van der Waals surface area contributed by atoms with Gasteiger partial charge in [-0.05, 0) is 72.1 Å². The van der Waals surface area contributed by atoms with E-state index in [1.54, 1.807) is 0 Å². The molecule has 0 aromatic heterocycles. The molecule has 0 fully saturated rings. The number of rotatable bonds is 3. The summed E-state index contributed by atoms with van der Waals surface area (Å²) in [5.41, 5.74) is 1.89. The summed E-state index contributed by atoms with van der Waals surface area (Å²) < 4.78 is 13.1. The molecule has 1 aromatic carbocycles. The van der Waals surface area contributed by atoms with E-state index < -0.39 is 5.60 Å². The molecule has 6 heteroatoms. The molecule has 0 N–H and O–H groups in total. The number of carbonyl (C=O) groups excluding carboxylic acids is 1. The van der Waals surface area contributed by atoms with Gasteiger partial charge in [0.15, 0.2) is 4.75 Å². The maximum Gasteiger partial charge on any atom is 0.411 e. The van der Waals surface area contributed by atoms with Gasteiger partial charge in [-0.3, -0.25) is 4.90 Å². The van der Waals surface area contributed by atoms with Crippen molar-refractivity contribution in [2.45, 2.75) is 77.3 Å². The van der Waals surface area contributed by atoms with E-state index in [1.807, 2.05) is 31.7 Å². The number of benzene rings is 1. The van der Waals surface area contributed by atoms with Crippen LogP contribution in [-0.4, -0.2) is 40.2 Å². The van der Waals surface area contributed by atoms with E-state index in [9.17, 15) is 4.79 Å². The Balaban J connectivity index is 2.31. The molecule has 3 atom stereocenters. The summed E-state index contributed by atoms with van der Waals surface area (Å²) in [5.74, 6) is 0. The van der Waals surface area contributed by atoms with Crippen LogP contribution in [0.25, 0.3) is 0 Å². The molecular formula is C21H33BrNO3S+. The van der Waals surface area contributed by atoms with Crippen LogP contribution in [0.2, 0.25) is 0 Å². The Morgan fingerprint density at radius 3 is 2.44 bits per heavy atom. The van der Waals surface area contributed by atoms with Crippen molar-refractivity contribution in [3.8, 4) is 0 Å². The molecule has 1 unspecified atom stereocenters. The lowest BCUT2D eigenvalue weighted by Gasteiger charge is -2.42. The standard InChI is InChI=1S/C21H33BrNO3S/c1-14-16-10-9-11-18(22)17(16)12-15(13-25-27(8)21(5,6)7)23(14)19(24)26-20(2,3)4/h9-11,14-15H,12-13H2,1-8H3/q+1/t14-,15+,27?/m0/s1. The van der Waals surface area contributed by atoms with Crippen LogP contribution in [0.1, 0.15) is 65.6 Å². The number of ether oxygens (including phenoxy) is 1. The van der Waals surface area contributed by atoms with Crippen LogP contribution < -0.4 is 0 Å². The van der Waals surface area contributed by atoms with Gasteiger partial charge in [0.25, 0.3) is 0 Å². The smallest absolute Gasteiger partial charge is 0.411 e. The topological polar surface area (TPSA) is 38.8 Å². The molecular weight excluding hydrogens is 426 g/mol. The minimum Gasteiger partial charge on any atom is -0.444 e. The first kappa shape index (κ1) is 22.6. The molecule has 27 heavy (non-hydrogen) atoms. The van der Waals surface area contributed by atoms with Gasteiger partial charge in [-0.25, -0.2) is 4.79 Å². The molecule has 0 aliphatic carbocycles. The SMILES string of the molecule is C[C@H]1c2cccc(Br)c2C[C@H](CO[S+](C)C(C)(C)C)N1C(=O)OC(C)(C)C. The number of carbonyl (C=O) groups is 1. The normalized spacial score (nSPS) is 21.6. The molecule has 0 radical (unpaired) electrons. The predicted octanol–water partition coefficient (Wildman–Crippen LogP) is 5.65. The molecule has 1 aliphatic heterocycles. The monoisotopic (exact) mass is 458 g/mol. The van der Waals surface area contributed by atoms with Gasteiger partial charge in [0.1, 0.15) is 29.6 Å². The summed E-state index contributed by atoms with van der Waals surface area (Å²) in [5, 5.41) is 0. The van der Waals surface area contributed by atoms with Crippen molar-refractivity contribution in [3.63, 3.8) is 0 Å². The summed E-state index contributed by atoms with van der Waals surface area (Å²) >= 11 is 3.48. The van der Waals surface area contributed by atoms with Gasteiger partial charge >= 0.3 is 6.09 Å². The Bertz CT molecular complexity index is 681. The Morgan fingerprint density at radius 2 is 1.89 bits per heavy atom. The van der Waals surface area contributed by atoms with Crippen LogP contribution in [0.4, 0.5) is 4.79 Å². The third kappa shape index (κ3) is 5.64. The van der Waals surface area contributed by atoms with Gasteiger partial charge in [0, 0.05) is 4.47 Å². The third-order valence-electron chi connectivity index (χ3n) is 4.76. The van der Waals surface area contributed by atoms with Crippen LogP contribution >= 0.6 is 15.9 Å². The summed E-state index contributed by atoms with van der Waals surface area (Å²) in [7, 11) is 0. The molecule has 1 aliphatic rings. The average molecular weight is 459 g/mol. The molecule has 0 bridgehead atoms. The van der Waals surface area contributed by atoms with E-state index in [0.29, 0.717) is 6.61 Å². The maximum absolute atomic E-state index is 13.0. The first-order valence-corrected chi connectivity index (χ1v) is 11.7. The molecule has 4 nitrogen and oxygen atoms in total. The molecule has 0 saturated carbocycles. The van der Waals surface area contributed by atoms with E-state index in [2.05, 4.69) is 62.0 Å². The van der Waals surface area contributed by atoms with Crippen LogP contribution in [0.15, 0.2) is 22.7 Å². The summed E-state index contributed by atoms with van der Waals surface area (Å²) in [4.78, 5) is 14.9. The van der Waals surface area contributed by atoms with Crippen LogP contribution in [0.3, 0.4) is 0 Å². The van der Waals surface area contributed by atoms with Crippen molar-refractivity contribution in [2.24, 2.45) is 0 Å². The minimum absolute atomic E-state index is 0.0571. The molecule has 1 amide bonds. The summed E-state index contributed by atoms with van der Waals surface area (Å²) in [6.07, 6.45) is 2.59. The van der Waals surface area contributed by atoms with Gasteiger partial charge in [-0.15, -0.1) is 0 Å². The maximum atomic E-state index is 13.0. The number of nitrogens with zero attached hydrogens (tertiary/aromatic N) is 1. The second-order valence-corrected chi connectivity index (χ2v) is 12.3. The molecule has 2 rings (SSSR count). The van der Waals surface area contributed by atoms with Crippen molar-refractivity contribution in [2.75, 3.05) is 12.9 Å². The van der Waals surface area contributed by atoms with Gasteiger partial charge in [0.05, 0.1) is 12.1 Å². The summed E-state index contributed by atoms with van der Waals surface area (Å²) in [6, 6.07) is 6.05. The Hall–Kier alpha value is -0.720. The van der Waals surface area contributed by atoms with Gasteiger partial charge in [-0.2, -0.15) is 4.18 Å². The van der Waals surface area contributed by atoms with Crippen LogP contribution in [0.5, 0.6) is 0 Å². The van der Waals surface area contributed by atoms with Crippen molar-refractivity contribution >= 4 is 33.2 Å². The molecule has 0 saturated heterocycles. The zero-order valence-electron chi connectivity index (χ0n) is 17.8. The van der Waals surface area contributed by atoms with E-state index in [-0.39, 0.29) is 34.1 Å². The Morgan fingerprint density at radius 1 is 1.26 bits per heavy atom. The number of amides is 1. The van der Waals surface area contributed by atoms with E-state index in [1.165, 1.54) is 5.56 Å². The zero-order valence-corrected chi connectivity index (χ0v) is 20.2. The van der Waals surface area contributed by atoms with E-state index in [4.69, 9.17) is 8.92 Å². The fourth-order valence-corrected chi connectivity index (χ4v) is 4.36. The first-order valence-electron chi connectivity index (χ1n) is 9.39. The van der Waals surface area contributed by atoms with Crippen LogP contribution in [-0.2, 0) is 26.5 Å². The number of fused-ring (bicyclic) bond motifs is 1. The lowest BCUT2D eigenvalue weighted by molar-refractivity contribution is -0.00209. The minimum atomic E-state index is -0.528. The van der Waals surface area contributed by atoms with Gasteiger partial charge in [-0.1, -0.05) is 28.1 Å². The van der Waals surface area contributed by atoms with E-state index in [0.717, 1.165) is 16.5 Å². The largest absolute Gasteiger partial charge is 0.444 e. The molecule has 1 heterocycles.